The van der Waals surface area contributed by atoms with Gasteiger partial charge in [-0.15, -0.1) is 0 Å². The summed E-state index contributed by atoms with van der Waals surface area (Å²) in [4.78, 5) is 12.6. The van der Waals surface area contributed by atoms with Crippen molar-refractivity contribution < 1.29 is 13.6 Å². The van der Waals surface area contributed by atoms with Crippen LogP contribution in [-0.2, 0) is 12.8 Å². The standard InChI is InChI=1S/C19H16FNO2/c20-14-7-5-11(6-8-14)18(22)19-17(21)15-9-12-3-1-2-4-13(12)10-16(15)23-19/h5-10H,1-4,21H2. The zero-order chi connectivity index (χ0) is 16.0. The van der Waals surface area contributed by atoms with Crippen LogP contribution in [0.4, 0.5) is 10.1 Å². The van der Waals surface area contributed by atoms with Crippen LogP contribution in [0.2, 0.25) is 0 Å². The fourth-order valence-corrected chi connectivity index (χ4v) is 3.25. The second kappa shape index (κ2) is 5.23. The highest BCUT2D eigenvalue weighted by Crippen LogP contribution is 2.34. The van der Waals surface area contributed by atoms with Crippen molar-refractivity contribution in [3.05, 3.63) is 64.7 Å². The van der Waals surface area contributed by atoms with E-state index in [-0.39, 0.29) is 17.4 Å². The normalized spacial score (nSPS) is 14.0. The number of aryl methyl sites for hydroxylation is 2. The molecular formula is C19H16FNO2. The number of carbonyl (C=O) groups excluding carboxylic acids is 1. The number of nitrogen functional groups attached to an aromatic ring is 1. The van der Waals surface area contributed by atoms with Crippen LogP contribution in [-0.4, -0.2) is 5.78 Å². The summed E-state index contributed by atoms with van der Waals surface area (Å²) in [6, 6.07) is 9.44. The molecule has 4 heteroatoms. The van der Waals surface area contributed by atoms with E-state index in [9.17, 15) is 9.18 Å². The average molecular weight is 309 g/mol. The predicted molar refractivity (Wildman–Crippen MR) is 87.1 cm³/mol. The maximum atomic E-state index is 13.0. The Kier molecular flexibility index (Phi) is 3.18. The summed E-state index contributed by atoms with van der Waals surface area (Å²) < 4.78 is 18.8. The van der Waals surface area contributed by atoms with Gasteiger partial charge in [0.1, 0.15) is 11.4 Å². The molecule has 3 aromatic rings. The molecule has 0 saturated heterocycles. The first-order valence-electron chi connectivity index (χ1n) is 7.77. The SMILES string of the molecule is Nc1c(C(=O)c2ccc(F)cc2)oc2cc3c(cc12)CCCC3. The summed E-state index contributed by atoms with van der Waals surface area (Å²) >= 11 is 0. The van der Waals surface area contributed by atoms with Gasteiger partial charge < -0.3 is 10.2 Å². The lowest BCUT2D eigenvalue weighted by Gasteiger charge is -2.14. The predicted octanol–water partition coefficient (Wildman–Crippen LogP) is 4.26. The van der Waals surface area contributed by atoms with Crippen molar-refractivity contribution in [1.29, 1.82) is 0 Å². The highest BCUT2D eigenvalue weighted by Gasteiger charge is 2.22. The molecule has 1 aliphatic rings. The highest BCUT2D eigenvalue weighted by molar-refractivity contribution is 6.14. The molecule has 0 aliphatic heterocycles. The number of fused-ring (bicyclic) bond motifs is 2. The molecule has 0 saturated carbocycles. The van der Waals surface area contributed by atoms with E-state index < -0.39 is 0 Å². The molecule has 2 N–H and O–H groups in total. The molecular weight excluding hydrogens is 293 g/mol. The highest BCUT2D eigenvalue weighted by atomic mass is 19.1. The van der Waals surface area contributed by atoms with E-state index in [1.54, 1.807) is 0 Å². The van der Waals surface area contributed by atoms with Crippen molar-refractivity contribution in [1.82, 2.24) is 0 Å². The Balaban J connectivity index is 1.82. The number of hydrogen-bond acceptors (Lipinski definition) is 3. The monoisotopic (exact) mass is 309 g/mol. The first-order valence-corrected chi connectivity index (χ1v) is 7.77. The molecule has 0 radical (unpaired) electrons. The maximum Gasteiger partial charge on any atom is 0.230 e. The molecule has 23 heavy (non-hydrogen) atoms. The van der Waals surface area contributed by atoms with E-state index in [2.05, 4.69) is 0 Å². The molecule has 0 bridgehead atoms. The second-order valence-electron chi connectivity index (χ2n) is 6.01. The Bertz CT molecular complexity index is 909. The number of anilines is 1. The van der Waals surface area contributed by atoms with Crippen LogP contribution in [0.25, 0.3) is 11.0 Å². The molecule has 0 amide bonds. The number of halogens is 1. The molecule has 0 unspecified atom stereocenters. The molecule has 116 valence electrons. The van der Waals surface area contributed by atoms with Crippen LogP contribution >= 0.6 is 0 Å². The second-order valence-corrected chi connectivity index (χ2v) is 6.01. The van der Waals surface area contributed by atoms with Crippen molar-refractivity contribution in [3.8, 4) is 0 Å². The van der Waals surface area contributed by atoms with Crippen LogP contribution in [0.3, 0.4) is 0 Å². The molecule has 0 atom stereocenters. The number of rotatable bonds is 2. The average Bonchev–Trinajstić information content (AvgIpc) is 2.89. The van der Waals surface area contributed by atoms with Gasteiger partial charge in [0.25, 0.3) is 0 Å². The van der Waals surface area contributed by atoms with Gasteiger partial charge >= 0.3 is 0 Å². The maximum absolute atomic E-state index is 13.0. The van der Waals surface area contributed by atoms with E-state index in [1.807, 2.05) is 12.1 Å². The largest absolute Gasteiger partial charge is 0.450 e. The van der Waals surface area contributed by atoms with Crippen molar-refractivity contribution in [2.45, 2.75) is 25.7 Å². The molecule has 4 rings (SSSR count). The smallest absolute Gasteiger partial charge is 0.230 e. The molecule has 1 aliphatic carbocycles. The van der Waals surface area contributed by atoms with E-state index in [0.29, 0.717) is 16.8 Å². The van der Waals surface area contributed by atoms with Gasteiger partial charge in [0.15, 0.2) is 5.76 Å². The van der Waals surface area contributed by atoms with Gasteiger partial charge in [-0.25, -0.2) is 4.39 Å². The summed E-state index contributed by atoms with van der Waals surface area (Å²) in [7, 11) is 0. The van der Waals surface area contributed by atoms with Gasteiger partial charge in [0, 0.05) is 10.9 Å². The summed E-state index contributed by atoms with van der Waals surface area (Å²) in [6.07, 6.45) is 4.43. The van der Waals surface area contributed by atoms with Gasteiger partial charge in [-0.2, -0.15) is 0 Å². The number of hydrogen-bond donors (Lipinski definition) is 1. The van der Waals surface area contributed by atoms with Crippen molar-refractivity contribution >= 4 is 22.4 Å². The Hall–Kier alpha value is -2.62. The minimum Gasteiger partial charge on any atom is -0.450 e. The van der Waals surface area contributed by atoms with Crippen LogP contribution in [0, 0.1) is 5.82 Å². The Morgan fingerprint density at radius 1 is 1.04 bits per heavy atom. The first-order chi connectivity index (χ1) is 11.1. The third kappa shape index (κ3) is 2.31. The third-order valence-electron chi connectivity index (χ3n) is 4.50. The van der Waals surface area contributed by atoms with E-state index in [1.165, 1.54) is 48.2 Å². The Morgan fingerprint density at radius 3 is 2.39 bits per heavy atom. The van der Waals surface area contributed by atoms with Gasteiger partial charge in [-0.05, 0) is 73.2 Å². The molecule has 2 aromatic carbocycles. The third-order valence-corrected chi connectivity index (χ3v) is 4.50. The zero-order valence-electron chi connectivity index (χ0n) is 12.6. The number of carbonyl (C=O) groups is 1. The molecule has 1 aromatic heterocycles. The van der Waals surface area contributed by atoms with Gasteiger partial charge in [0.2, 0.25) is 5.78 Å². The topological polar surface area (TPSA) is 56.2 Å². The van der Waals surface area contributed by atoms with Crippen LogP contribution < -0.4 is 5.73 Å². The lowest BCUT2D eigenvalue weighted by molar-refractivity contribution is 0.101. The first kappa shape index (κ1) is 14.0. The lowest BCUT2D eigenvalue weighted by atomic mass is 9.90. The van der Waals surface area contributed by atoms with Crippen LogP contribution in [0.5, 0.6) is 0 Å². The summed E-state index contributed by atoms with van der Waals surface area (Å²) in [5.74, 6) is -0.572. The molecule has 0 fully saturated rings. The molecule has 0 spiro atoms. The fourth-order valence-electron chi connectivity index (χ4n) is 3.25. The summed E-state index contributed by atoms with van der Waals surface area (Å²) in [5.41, 5.74) is 10.1. The lowest BCUT2D eigenvalue weighted by Crippen LogP contribution is -2.03. The van der Waals surface area contributed by atoms with Gasteiger partial charge in [-0.3, -0.25) is 4.79 Å². The quantitative estimate of drug-likeness (QED) is 0.719. The zero-order valence-corrected chi connectivity index (χ0v) is 12.6. The molecule has 3 nitrogen and oxygen atoms in total. The van der Waals surface area contributed by atoms with Crippen molar-refractivity contribution in [2.75, 3.05) is 5.73 Å². The number of ketones is 1. The van der Waals surface area contributed by atoms with Gasteiger partial charge in [-0.1, -0.05) is 0 Å². The van der Waals surface area contributed by atoms with E-state index in [4.69, 9.17) is 10.2 Å². The molecule has 1 heterocycles. The van der Waals surface area contributed by atoms with Crippen molar-refractivity contribution in [3.63, 3.8) is 0 Å². The fraction of sp³-hybridized carbons (Fsp3) is 0.211. The number of furan rings is 1. The number of nitrogens with two attached hydrogens (primary N) is 1. The van der Waals surface area contributed by atoms with Gasteiger partial charge in [0.05, 0.1) is 5.69 Å². The van der Waals surface area contributed by atoms with Crippen LogP contribution in [0.1, 0.15) is 40.1 Å². The Labute approximate surface area is 132 Å². The minimum absolute atomic E-state index is 0.133. The summed E-state index contributed by atoms with van der Waals surface area (Å²) in [6.45, 7) is 0. The Morgan fingerprint density at radius 2 is 1.70 bits per heavy atom. The van der Waals surface area contributed by atoms with Crippen molar-refractivity contribution in [2.24, 2.45) is 0 Å². The van der Waals surface area contributed by atoms with E-state index >= 15 is 0 Å². The number of benzene rings is 2. The van der Waals surface area contributed by atoms with Crippen LogP contribution in [0.15, 0.2) is 40.8 Å². The minimum atomic E-state index is -0.383. The summed E-state index contributed by atoms with van der Waals surface area (Å²) in [5, 5.41) is 0.788. The van der Waals surface area contributed by atoms with E-state index in [0.717, 1.165) is 18.2 Å².